The third-order valence-corrected chi connectivity index (χ3v) is 3.55. The number of carbonyl (C=O) groups is 1. The van der Waals surface area contributed by atoms with Crippen LogP contribution in [0.1, 0.15) is 11.1 Å². The first-order valence-electron chi connectivity index (χ1n) is 6.96. The highest BCUT2D eigenvalue weighted by atomic mass is 19.1. The van der Waals surface area contributed by atoms with E-state index in [-0.39, 0.29) is 24.2 Å². The molecule has 1 atom stereocenters. The Morgan fingerprint density at radius 2 is 1.95 bits per heavy atom. The van der Waals surface area contributed by atoms with Crippen molar-refractivity contribution in [2.24, 2.45) is 0 Å². The molecule has 3 nitrogen and oxygen atoms in total. The van der Waals surface area contributed by atoms with Crippen LogP contribution in [0.4, 0.5) is 4.39 Å². The van der Waals surface area contributed by atoms with Gasteiger partial charge in [-0.15, -0.1) is 0 Å². The van der Waals surface area contributed by atoms with E-state index >= 15 is 0 Å². The minimum absolute atomic E-state index is 0.0464. The van der Waals surface area contributed by atoms with E-state index in [1.165, 1.54) is 6.07 Å². The first-order chi connectivity index (χ1) is 10.2. The van der Waals surface area contributed by atoms with Crippen molar-refractivity contribution >= 4 is 5.91 Å². The van der Waals surface area contributed by atoms with E-state index in [1.807, 2.05) is 24.3 Å². The minimum Gasteiger partial charge on any atom is -0.491 e. The summed E-state index contributed by atoms with van der Waals surface area (Å²) in [5.74, 6) is 0.336. The van der Waals surface area contributed by atoms with Crippen LogP contribution in [0.15, 0.2) is 48.5 Å². The van der Waals surface area contributed by atoms with Gasteiger partial charge in [0.2, 0.25) is 5.91 Å². The smallest absolute Gasteiger partial charge is 0.224 e. The monoisotopic (exact) mass is 285 g/mol. The molecule has 2 aromatic carbocycles. The molecule has 0 saturated heterocycles. The first kappa shape index (κ1) is 13.6. The van der Waals surface area contributed by atoms with Gasteiger partial charge >= 0.3 is 0 Å². The molecule has 1 unspecified atom stereocenters. The average molecular weight is 285 g/mol. The Labute approximate surface area is 122 Å². The van der Waals surface area contributed by atoms with Gasteiger partial charge in [0.1, 0.15) is 18.2 Å². The number of hydrogen-bond donors (Lipinski definition) is 1. The van der Waals surface area contributed by atoms with Gasteiger partial charge in [-0.2, -0.15) is 0 Å². The molecule has 1 aliphatic heterocycles. The number of ether oxygens (including phenoxy) is 1. The summed E-state index contributed by atoms with van der Waals surface area (Å²) in [4.78, 5) is 12.0. The Balaban J connectivity index is 1.60. The SMILES string of the molecule is O=C(Cc1ccccc1F)NC1COc2ccccc2C1. The van der Waals surface area contributed by atoms with Crippen molar-refractivity contribution in [3.05, 3.63) is 65.5 Å². The van der Waals surface area contributed by atoms with Gasteiger partial charge in [-0.3, -0.25) is 4.79 Å². The second kappa shape index (κ2) is 5.95. The molecule has 0 saturated carbocycles. The summed E-state index contributed by atoms with van der Waals surface area (Å²) in [6.07, 6.45) is 0.782. The highest BCUT2D eigenvalue weighted by Gasteiger charge is 2.21. The molecule has 1 aliphatic rings. The molecule has 1 N–H and O–H groups in total. The number of rotatable bonds is 3. The summed E-state index contributed by atoms with van der Waals surface area (Å²) in [5, 5.41) is 2.90. The van der Waals surface area contributed by atoms with Crippen LogP contribution in [0.2, 0.25) is 0 Å². The van der Waals surface area contributed by atoms with E-state index in [9.17, 15) is 9.18 Å². The van der Waals surface area contributed by atoms with E-state index in [4.69, 9.17) is 4.74 Å². The zero-order valence-corrected chi connectivity index (χ0v) is 11.5. The van der Waals surface area contributed by atoms with Gasteiger partial charge in [-0.1, -0.05) is 36.4 Å². The van der Waals surface area contributed by atoms with Gasteiger partial charge in [0.25, 0.3) is 0 Å². The molecule has 3 rings (SSSR count). The van der Waals surface area contributed by atoms with Crippen molar-refractivity contribution in [2.75, 3.05) is 6.61 Å². The molecule has 1 amide bonds. The topological polar surface area (TPSA) is 38.3 Å². The number of nitrogens with one attached hydrogen (secondary N) is 1. The number of benzene rings is 2. The van der Waals surface area contributed by atoms with Gasteiger partial charge in [-0.25, -0.2) is 4.39 Å². The van der Waals surface area contributed by atoms with Gasteiger partial charge in [0, 0.05) is 0 Å². The second-order valence-electron chi connectivity index (χ2n) is 5.16. The van der Waals surface area contributed by atoms with Crippen LogP contribution in [0, 0.1) is 5.82 Å². The maximum absolute atomic E-state index is 13.5. The van der Waals surface area contributed by atoms with Crippen LogP contribution in [0.5, 0.6) is 5.75 Å². The second-order valence-corrected chi connectivity index (χ2v) is 5.16. The van der Waals surface area contributed by atoms with Crippen LogP contribution in [-0.4, -0.2) is 18.6 Å². The van der Waals surface area contributed by atoms with E-state index in [1.54, 1.807) is 18.2 Å². The zero-order valence-electron chi connectivity index (χ0n) is 11.5. The molecule has 0 spiro atoms. The van der Waals surface area contributed by atoms with Crippen LogP contribution in [-0.2, 0) is 17.6 Å². The molecular weight excluding hydrogens is 269 g/mol. The third kappa shape index (κ3) is 3.21. The van der Waals surface area contributed by atoms with Crippen molar-refractivity contribution in [1.82, 2.24) is 5.32 Å². The normalized spacial score (nSPS) is 16.7. The Hall–Kier alpha value is -2.36. The largest absolute Gasteiger partial charge is 0.491 e. The van der Waals surface area contributed by atoms with Crippen LogP contribution >= 0.6 is 0 Å². The minimum atomic E-state index is -0.349. The molecule has 1 heterocycles. The number of carbonyl (C=O) groups excluding carboxylic acids is 1. The molecule has 0 radical (unpaired) electrons. The van der Waals surface area contributed by atoms with Gasteiger partial charge in [0.15, 0.2) is 0 Å². The maximum Gasteiger partial charge on any atom is 0.224 e. The van der Waals surface area contributed by atoms with Crippen molar-refractivity contribution in [1.29, 1.82) is 0 Å². The van der Waals surface area contributed by atoms with E-state index in [0.717, 1.165) is 17.7 Å². The molecule has 0 bridgehead atoms. The molecule has 0 aromatic heterocycles. The summed E-state index contributed by atoms with van der Waals surface area (Å²) < 4.78 is 19.1. The Bertz CT molecular complexity index is 657. The standard InChI is InChI=1S/C17H16FNO2/c18-15-7-3-1-5-12(15)10-17(20)19-14-9-13-6-2-4-8-16(13)21-11-14/h1-8,14H,9-11H2,(H,19,20). The van der Waals surface area contributed by atoms with Gasteiger partial charge in [-0.05, 0) is 29.7 Å². The lowest BCUT2D eigenvalue weighted by atomic mass is 10.0. The fraction of sp³-hybridized carbons (Fsp3) is 0.235. The predicted molar refractivity (Wildman–Crippen MR) is 77.7 cm³/mol. The van der Waals surface area contributed by atoms with Crippen molar-refractivity contribution in [3.8, 4) is 5.75 Å². The molecule has 4 heteroatoms. The van der Waals surface area contributed by atoms with E-state index in [2.05, 4.69) is 5.32 Å². The van der Waals surface area contributed by atoms with E-state index in [0.29, 0.717) is 12.2 Å². The number of hydrogen-bond acceptors (Lipinski definition) is 2. The van der Waals surface area contributed by atoms with E-state index < -0.39 is 0 Å². The van der Waals surface area contributed by atoms with Crippen LogP contribution < -0.4 is 10.1 Å². The predicted octanol–water partition coefficient (Wildman–Crippen LogP) is 2.49. The van der Waals surface area contributed by atoms with Gasteiger partial charge < -0.3 is 10.1 Å². The molecule has 108 valence electrons. The Morgan fingerprint density at radius 1 is 1.19 bits per heavy atom. The third-order valence-electron chi connectivity index (χ3n) is 3.55. The van der Waals surface area contributed by atoms with Crippen molar-refractivity contribution in [2.45, 2.75) is 18.9 Å². The summed E-state index contributed by atoms with van der Waals surface area (Å²) in [5.41, 5.74) is 1.49. The zero-order chi connectivity index (χ0) is 14.7. The summed E-state index contributed by atoms with van der Waals surface area (Å²) >= 11 is 0. The maximum atomic E-state index is 13.5. The fourth-order valence-electron chi connectivity index (χ4n) is 2.51. The molecule has 0 aliphatic carbocycles. The van der Waals surface area contributed by atoms with Gasteiger partial charge in [0.05, 0.1) is 12.5 Å². The first-order valence-corrected chi connectivity index (χ1v) is 6.96. The molecular formula is C17H16FNO2. The lowest BCUT2D eigenvalue weighted by Gasteiger charge is -2.26. The molecule has 2 aromatic rings. The highest BCUT2D eigenvalue weighted by molar-refractivity contribution is 5.79. The summed E-state index contributed by atoms with van der Waals surface area (Å²) in [6, 6.07) is 14.1. The number of amides is 1. The quantitative estimate of drug-likeness (QED) is 0.941. The van der Waals surface area contributed by atoms with Crippen LogP contribution in [0.3, 0.4) is 0 Å². The Morgan fingerprint density at radius 3 is 2.81 bits per heavy atom. The Kier molecular flexibility index (Phi) is 3.86. The molecule has 0 fully saturated rings. The summed E-state index contributed by atoms with van der Waals surface area (Å²) in [7, 11) is 0. The lowest BCUT2D eigenvalue weighted by Crippen LogP contribution is -2.43. The van der Waals surface area contributed by atoms with Crippen molar-refractivity contribution in [3.63, 3.8) is 0 Å². The number of fused-ring (bicyclic) bond motifs is 1. The fourth-order valence-corrected chi connectivity index (χ4v) is 2.51. The number of halogens is 1. The number of para-hydroxylation sites is 1. The molecule has 21 heavy (non-hydrogen) atoms. The highest BCUT2D eigenvalue weighted by Crippen LogP contribution is 2.23. The summed E-state index contributed by atoms with van der Waals surface area (Å²) in [6.45, 7) is 0.444. The van der Waals surface area contributed by atoms with Crippen molar-refractivity contribution < 1.29 is 13.9 Å². The average Bonchev–Trinajstić information content (AvgIpc) is 2.49. The lowest BCUT2D eigenvalue weighted by molar-refractivity contribution is -0.121. The van der Waals surface area contributed by atoms with Crippen LogP contribution in [0.25, 0.3) is 0 Å².